The highest BCUT2D eigenvalue weighted by atomic mass is 16.5. The predicted molar refractivity (Wildman–Crippen MR) is 81.7 cm³/mol. The van der Waals surface area contributed by atoms with E-state index in [4.69, 9.17) is 4.74 Å². The van der Waals surface area contributed by atoms with Crippen LogP contribution in [0.15, 0.2) is 30.3 Å². The number of aliphatic hydroxyl groups is 1. The number of aliphatic hydroxyl groups excluding tert-OH is 1. The van der Waals surface area contributed by atoms with E-state index in [2.05, 4.69) is 18.7 Å². The van der Waals surface area contributed by atoms with Gasteiger partial charge in [0.25, 0.3) is 0 Å². The zero-order valence-electron chi connectivity index (χ0n) is 12.9. The summed E-state index contributed by atoms with van der Waals surface area (Å²) < 4.78 is 5.67. The van der Waals surface area contributed by atoms with Gasteiger partial charge in [0, 0.05) is 19.7 Å². The first kappa shape index (κ1) is 15.5. The second kappa shape index (κ2) is 6.70. The molecule has 3 nitrogen and oxygen atoms in total. The molecule has 0 spiro atoms. The van der Waals surface area contributed by atoms with E-state index in [9.17, 15) is 5.11 Å². The van der Waals surface area contributed by atoms with Gasteiger partial charge in [0.1, 0.15) is 0 Å². The Morgan fingerprint density at radius 1 is 1.35 bits per heavy atom. The molecular formula is C17H27NO2. The lowest BCUT2D eigenvalue weighted by Crippen LogP contribution is -2.52. The quantitative estimate of drug-likeness (QED) is 0.898. The maximum atomic E-state index is 10.7. The number of benzene rings is 1. The van der Waals surface area contributed by atoms with Gasteiger partial charge < -0.3 is 9.84 Å². The molecule has 112 valence electrons. The van der Waals surface area contributed by atoms with Crippen molar-refractivity contribution in [3.63, 3.8) is 0 Å². The fourth-order valence-corrected chi connectivity index (χ4v) is 3.25. The highest BCUT2D eigenvalue weighted by Crippen LogP contribution is 2.30. The molecule has 0 aromatic heterocycles. The number of likely N-dealkylation sites (tertiary alicyclic amines) is 1. The second-order valence-corrected chi connectivity index (χ2v) is 6.06. The topological polar surface area (TPSA) is 32.7 Å². The monoisotopic (exact) mass is 277 g/mol. The van der Waals surface area contributed by atoms with Gasteiger partial charge in [-0.15, -0.1) is 0 Å². The summed E-state index contributed by atoms with van der Waals surface area (Å²) >= 11 is 0. The minimum atomic E-state index is -0.430. The van der Waals surface area contributed by atoms with Crippen LogP contribution < -0.4 is 0 Å². The molecule has 2 rings (SSSR count). The van der Waals surface area contributed by atoms with E-state index < -0.39 is 6.10 Å². The molecule has 1 saturated heterocycles. The van der Waals surface area contributed by atoms with Gasteiger partial charge >= 0.3 is 0 Å². The summed E-state index contributed by atoms with van der Waals surface area (Å²) in [5.41, 5.74) is 0.922. The highest BCUT2D eigenvalue weighted by molar-refractivity contribution is 5.19. The molecule has 0 saturated carbocycles. The minimum absolute atomic E-state index is 0.0813. The van der Waals surface area contributed by atoms with Crippen molar-refractivity contribution in [3.05, 3.63) is 35.9 Å². The molecule has 1 aliphatic heterocycles. The summed E-state index contributed by atoms with van der Waals surface area (Å²) in [7, 11) is 1.79. The van der Waals surface area contributed by atoms with Crippen LogP contribution in [0.3, 0.4) is 0 Å². The summed E-state index contributed by atoms with van der Waals surface area (Å²) in [6.45, 7) is 6.25. The highest BCUT2D eigenvalue weighted by Gasteiger charge is 2.35. The first-order valence-corrected chi connectivity index (χ1v) is 7.62. The molecule has 3 unspecified atom stereocenters. The van der Waals surface area contributed by atoms with Crippen molar-refractivity contribution in [1.82, 2.24) is 4.90 Å². The van der Waals surface area contributed by atoms with Crippen LogP contribution in [0.2, 0.25) is 0 Å². The van der Waals surface area contributed by atoms with E-state index in [0.717, 1.165) is 37.9 Å². The SMILES string of the molecule is CCC(C(O)c1ccccc1)N1CCCC(C)(OC)C1. The molecule has 0 aliphatic carbocycles. The van der Waals surface area contributed by atoms with Gasteiger partial charge in [-0.1, -0.05) is 37.3 Å². The van der Waals surface area contributed by atoms with Crippen LogP contribution in [-0.2, 0) is 4.74 Å². The number of nitrogens with zero attached hydrogens (tertiary/aromatic N) is 1. The Balaban J connectivity index is 2.11. The second-order valence-electron chi connectivity index (χ2n) is 6.06. The fourth-order valence-electron chi connectivity index (χ4n) is 3.25. The molecule has 1 fully saturated rings. The zero-order valence-corrected chi connectivity index (χ0v) is 12.9. The van der Waals surface area contributed by atoms with Crippen molar-refractivity contribution in [2.45, 2.75) is 50.9 Å². The van der Waals surface area contributed by atoms with Crippen LogP contribution in [0.1, 0.15) is 44.8 Å². The lowest BCUT2D eigenvalue weighted by atomic mass is 9.90. The number of ether oxygens (including phenoxy) is 1. The van der Waals surface area contributed by atoms with Crippen LogP contribution in [0.25, 0.3) is 0 Å². The van der Waals surface area contributed by atoms with Crippen molar-refractivity contribution in [2.24, 2.45) is 0 Å². The van der Waals surface area contributed by atoms with Crippen molar-refractivity contribution in [1.29, 1.82) is 0 Å². The third kappa shape index (κ3) is 3.40. The van der Waals surface area contributed by atoms with Crippen LogP contribution in [0.5, 0.6) is 0 Å². The Bertz CT molecular complexity index is 409. The van der Waals surface area contributed by atoms with E-state index in [0.29, 0.717) is 0 Å². The van der Waals surface area contributed by atoms with Crippen molar-refractivity contribution < 1.29 is 9.84 Å². The summed E-state index contributed by atoms with van der Waals surface area (Å²) in [5, 5.41) is 10.7. The number of hydrogen-bond acceptors (Lipinski definition) is 3. The Morgan fingerprint density at radius 2 is 2.05 bits per heavy atom. The average molecular weight is 277 g/mol. The minimum Gasteiger partial charge on any atom is -0.387 e. The molecule has 3 heteroatoms. The molecule has 0 amide bonds. The molecule has 1 aromatic rings. The number of rotatable bonds is 5. The van der Waals surface area contributed by atoms with Crippen molar-refractivity contribution in [2.75, 3.05) is 20.2 Å². The summed E-state index contributed by atoms with van der Waals surface area (Å²) in [6, 6.07) is 10.1. The maximum Gasteiger partial charge on any atom is 0.0945 e. The Labute approximate surface area is 122 Å². The van der Waals surface area contributed by atoms with Crippen LogP contribution in [-0.4, -0.2) is 41.8 Å². The van der Waals surface area contributed by atoms with Gasteiger partial charge in [-0.2, -0.15) is 0 Å². The molecule has 0 radical (unpaired) electrons. The van der Waals surface area contributed by atoms with Gasteiger partial charge in [0.05, 0.1) is 11.7 Å². The van der Waals surface area contributed by atoms with Crippen LogP contribution in [0, 0.1) is 0 Å². The van der Waals surface area contributed by atoms with Gasteiger partial charge in [0.15, 0.2) is 0 Å². The van der Waals surface area contributed by atoms with E-state index in [1.54, 1.807) is 7.11 Å². The van der Waals surface area contributed by atoms with E-state index in [-0.39, 0.29) is 11.6 Å². The number of methoxy groups -OCH3 is 1. The number of hydrogen-bond donors (Lipinski definition) is 1. The molecule has 3 atom stereocenters. The summed E-state index contributed by atoms with van der Waals surface area (Å²) in [5.74, 6) is 0. The fraction of sp³-hybridized carbons (Fsp3) is 0.647. The normalized spacial score (nSPS) is 27.2. The average Bonchev–Trinajstić information content (AvgIpc) is 2.49. The molecule has 0 bridgehead atoms. The predicted octanol–water partition coefficient (Wildman–Crippen LogP) is 3.00. The standard InChI is InChI=1S/C17H27NO2/c1-4-15(16(19)14-9-6-5-7-10-14)18-12-8-11-17(2,13-18)20-3/h5-7,9-10,15-16,19H,4,8,11-13H2,1-3H3. The third-order valence-electron chi connectivity index (χ3n) is 4.57. The molecule has 1 N–H and O–H groups in total. The summed E-state index contributed by atoms with van der Waals surface area (Å²) in [6.07, 6.45) is 2.73. The summed E-state index contributed by atoms with van der Waals surface area (Å²) in [4.78, 5) is 2.39. The largest absolute Gasteiger partial charge is 0.387 e. The van der Waals surface area contributed by atoms with Gasteiger partial charge in [-0.3, -0.25) is 4.90 Å². The maximum absolute atomic E-state index is 10.7. The van der Waals surface area contributed by atoms with E-state index in [1.807, 2.05) is 30.3 Å². The van der Waals surface area contributed by atoms with E-state index in [1.165, 1.54) is 0 Å². The molecule has 1 aromatic carbocycles. The zero-order chi connectivity index (χ0) is 14.6. The Kier molecular flexibility index (Phi) is 5.19. The molecule has 20 heavy (non-hydrogen) atoms. The van der Waals surface area contributed by atoms with E-state index >= 15 is 0 Å². The lowest BCUT2D eigenvalue weighted by molar-refractivity contribution is -0.0776. The van der Waals surface area contributed by atoms with Gasteiger partial charge in [-0.05, 0) is 38.3 Å². The molecular weight excluding hydrogens is 250 g/mol. The first-order chi connectivity index (χ1) is 9.59. The van der Waals surface area contributed by atoms with Gasteiger partial charge in [-0.25, -0.2) is 0 Å². The van der Waals surface area contributed by atoms with Gasteiger partial charge in [0.2, 0.25) is 0 Å². The molecule has 1 aliphatic rings. The van der Waals surface area contributed by atoms with Crippen LogP contribution in [0.4, 0.5) is 0 Å². The van der Waals surface area contributed by atoms with Crippen molar-refractivity contribution >= 4 is 0 Å². The molecule has 1 heterocycles. The smallest absolute Gasteiger partial charge is 0.0945 e. The lowest BCUT2D eigenvalue weighted by Gasteiger charge is -2.44. The van der Waals surface area contributed by atoms with Crippen LogP contribution >= 0.6 is 0 Å². The third-order valence-corrected chi connectivity index (χ3v) is 4.57. The van der Waals surface area contributed by atoms with Crippen molar-refractivity contribution in [3.8, 4) is 0 Å². The Hall–Kier alpha value is -0.900. The Morgan fingerprint density at radius 3 is 2.65 bits per heavy atom. The number of piperidine rings is 1. The first-order valence-electron chi connectivity index (χ1n) is 7.62.